The molecule has 2 aromatic carbocycles. The van der Waals surface area contributed by atoms with Gasteiger partial charge in [-0.1, -0.05) is 0 Å². The number of benzene rings is 2. The van der Waals surface area contributed by atoms with E-state index in [2.05, 4.69) is 4.74 Å². The second-order valence-corrected chi connectivity index (χ2v) is 6.61. The molecule has 0 amide bonds. The number of hydrogen-bond donors (Lipinski definition) is 3. The fourth-order valence-electron chi connectivity index (χ4n) is 1.47. The lowest BCUT2D eigenvalue weighted by atomic mass is 10.2. The van der Waals surface area contributed by atoms with E-state index in [9.17, 15) is 14.7 Å². The highest BCUT2D eigenvalue weighted by atomic mass is 127. The molecule has 0 unspecified atom stereocenters. The number of methoxy groups -OCH3 is 1. The highest BCUT2D eigenvalue weighted by Crippen LogP contribution is 2.20. The molecule has 6 nitrogen and oxygen atoms in total. The summed E-state index contributed by atoms with van der Waals surface area (Å²) in [5.74, 6) is -1.87. The van der Waals surface area contributed by atoms with Crippen molar-refractivity contribution in [3.63, 3.8) is 0 Å². The summed E-state index contributed by atoms with van der Waals surface area (Å²) in [5.41, 5.74) is 0.128. The van der Waals surface area contributed by atoms with Crippen molar-refractivity contribution in [3.05, 3.63) is 54.7 Å². The normalized spacial score (nSPS) is 9.52. The number of esters is 1. The molecular weight excluding hydrogens is 530 g/mol. The molecule has 0 fully saturated rings. The van der Waals surface area contributed by atoms with Crippen LogP contribution in [-0.2, 0) is 4.74 Å². The third-order valence-electron chi connectivity index (χ3n) is 2.56. The number of aromatic carboxylic acids is 1. The summed E-state index contributed by atoms with van der Waals surface area (Å²) in [5, 5.41) is 26.9. The van der Waals surface area contributed by atoms with Gasteiger partial charge in [0.25, 0.3) is 0 Å². The Morgan fingerprint density at radius 2 is 1.35 bits per heavy atom. The molecule has 0 aliphatic carbocycles. The molecule has 8 heteroatoms. The summed E-state index contributed by atoms with van der Waals surface area (Å²) in [6.07, 6.45) is 0. The van der Waals surface area contributed by atoms with E-state index in [1.54, 1.807) is 12.1 Å². The molecule has 0 radical (unpaired) electrons. The molecule has 0 aromatic heterocycles. The molecule has 2 aromatic rings. The average Bonchev–Trinajstić information content (AvgIpc) is 2.46. The Morgan fingerprint density at radius 1 is 0.913 bits per heavy atom. The minimum Gasteiger partial charge on any atom is -0.507 e. The highest BCUT2D eigenvalue weighted by Gasteiger charge is 2.10. The van der Waals surface area contributed by atoms with Crippen LogP contribution in [0.1, 0.15) is 20.7 Å². The molecule has 122 valence electrons. The van der Waals surface area contributed by atoms with E-state index in [4.69, 9.17) is 10.2 Å². The van der Waals surface area contributed by atoms with E-state index < -0.39 is 11.9 Å². The zero-order valence-corrected chi connectivity index (χ0v) is 16.1. The van der Waals surface area contributed by atoms with Gasteiger partial charge in [-0.05, 0) is 81.6 Å². The lowest BCUT2D eigenvalue weighted by Gasteiger charge is -2.01. The number of carboxylic acids is 1. The number of phenolic OH excluding ortho intramolecular Hbond substituents is 1. The lowest BCUT2D eigenvalue weighted by Crippen LogP contribution is -2.01. The summed E-state index contributed by atoms with van der Waals surface area (Å²) >= 11 is 4.04. The summed E-state index contributed by atoms with van der Waals surface area (Å²) < 4.78 is 6.14. The van der Waals surface area contributed by atoms with Gasteiger partial charge in [0.1, 0.15) is 22.6 Å². The van der Waals surface area contributed by atoms with Crippen LogP contribution in [0.4, 0.5) is 0 Å². The Labute approximate surface area is 159 Å². The van der Waals surface area contributed by atoms with Crippen molar-refractivity contribution in [2.24, 2.45) is 0 Å². The van der Waals surface area contributed by atoms with Crippen molar-refractivity contribution in [2.45, 2.75) is 0 Å². The zero-order chi connectivity index (χ0) is 17.6. The van der Waals surface area contributed by atoms with Gasteiger partial charge in [-0.3, -0.25) is 0 Å². The van der Waals surface area contributed by atoms with E-state index in [1.165, 1.54) is 31.4 Å². The maximum Gasteiger partial charge on any atom is 0.341 e. The van der Waals surface area contributed by atoms with Gasteiger partial charge < -0.3 is 20.1 Å². The minimum atomic E-state index is -1.11. The van der Waals surface area contributed by atoms with Crippen LogP contribution in [0.15, 0.2) is 36.4 Å². The van der Waals surface area contributed by atoms with Gasteiger partial charge in [-0.2, -0.15) is 0 Å². The largest absolute Gasteiger partial charge is 0.507 e. The van der Waals surface area contributed by atoms with Gasteiger partial charge in [-0.25, -0.2) is 9.59 Å². The van der Waals surface area contributed by atoms with E-state index >= 15 is 0 Å². The van der Waals surface area contributed by atoms with Gasteiger partial charge in [-0.15, -0.1) is 0 Å². The molecular formula is C15H12I2O6. The van der Waals surface area contributed by atoms with Crippen molar-refractivity contribution >= 4 is 57.1 Å². The van der Waals surface area contributed by atoms with E-state index in [1.807, 2.05) is 45.2 Å². The number of hydrogen-bond acceptors (Lipinski definition) is 5. The molecule has 0 saturated heterocycles. The van der Waals surface area contributed by atoms with Crippen molar-refractivity contribution in [2.75, 3.05) is 7.11 Å². The zero-order valence-electron chi connectivity index (χ0n) is 11.8. The molecule has 0 aliphatic rings. The smallest absolute Gasteiger partial charge is 0.341 e. The molecule has 0 bridgehead atoms. The molecule has 0 saturated carbocycles. The second kappa shape index (κ2) is 8.91. The second-order valence-electron chi connectivity index (χ2n) is 4.12. The standard InChI is InChI=1S/C8H7IO3.C7H5IO3/c1-12-8(11)6-3-2-5(9)4-7(6)10;8-4-1-2-5(7(10)11)6(9)3-4/h2-4,10H,1H3;1-3,9H,(H,10,11). The topological polar surface area (TPSA) is 104 Å². The molecule has 0 heterocycles. The van der Waals surface area contributed by atoms with Crippen molar-refractivity contribution in [1.29, 1.82) is 0 Å². The third kappa shape index (κ3) is 5.86. The van der Waals surface area contributed by atoms with Crippen LogP contribution in [0.25, 0.3) is 0 Å². The average molecular weight is 542 g/mol. The SMILES string of the molecule is COC(=O)c1ccc(I)cc1O.O=C(O)c1ccc(I)cc1O. The van der Waals surface area contributed by atoms with Crippen LogP contribution >= 0.6 is 45.2 Å². The maximum atomic E-state index is 11.0. The summed E-state index contributed by atoms with van der Waals surface area (Å²) in [4.78, 5) is 21.3. The van der Waals surface area contributed by atoms with Crippen LogP contribution in [0, 0.1) is 7.14 Å². The van der Waals surface area contributed by atoms with Crippen LogP contribution in [-0.4, -0.2) is 34.4 Å². The Morgan fingerprint density at radius 3 is 1.70 bits per heavy atom. The summed E-state index contributed by atoms with van der Waals surface area (Å²) in [6, 6.07) is 9.18. The fraction of sp³-hybridized carbons (Fsp3) is 0.0667. The van der Waals surface area contributed by atoms with E-state index in [0.29, 0.717) is 0 Å². The molecule has 0 atom stereocenters. The predicted octanol–water partition coefficient (Wildman–Crippen LogP) is 3.48. The minimum absolute atomic E-state index is 0.0475. The fourth-order valence-corrected chi connectivity index (χ4v) is 2.42. The predicted molar refractivity (Wildman–Crippen MR) is 99.9 cm³/mol. The Hall–Kier alpha value is -1.56. The first-order valence-electron chi connectivity index (χ1n) is 6.05. The maximum absolute atomic E-state index is 11.0. The number of phenols is 2. The molecule has 3 N–H and O–H groups in total. The van der Waals surface area contributed by atoms with Crippen LogP contribution < -0.4 is 0 Å². The quantitative estimate of drug-likeness (QED) is 0.397. The first-order chi connectivity index (χ1) is 10.8. The Kier molecular flexibility index (Phi) is 7.55. The van der Waals surface area contributed by atoms with Gasteiger partial charge in [0, 0.05) is 7.14 Å². The van der Waals surface area contributed by atoms with Gasteiger partial charge >= 0.3 is 11.9 Å². The monoisotopic (exact) mass is 542 g/mol. The molecule has 2 rings (SSSR count). The summed E-state index contributed by atoms with van der Waals surface area (Å²) in [6.45, 7) is 0. The number of carbonyl (C=O) groups is 2. The highest BCUT2D eigenvalue weighted by molar-refractivity contribution is 14.1. The number of carbonyl (C=O) groups excluding carboxylic acids is 1. The van der Waals surface area contributed by atoms with Crippen LogP contribution in [0.2, 0.25) is 0 Å². The van der Waals surface area contributed by atoms with Gasteiger partial charge in [0.15, 0.2) is 0 Å². The van der Waals surface area contributed by atoms with Crippen molar-refractivity contribution < 1.29 is 29.6 Å². The number of aromatic hydroxyl groups is 2. The van der Waals surface area contributed by atoms with Crippen LogP contribution in [0.5, 0.6) is 11.5 Å². The Bertz CT molecular complexity index is 730. The molecule has 0 spiro atoms. The van der Waals surface area contributed by atoms with Crippen molar-refractivity contribution in [3.8, 4) is 11.5 Å². The molecule has 0 aliphatic heterocycles. The lowest BCUT2D eigenvalue weighted by molar-refractivity contribution is 0.0596. The number of rotatable bonds is 2. The Balaban J connectivity index is 0.000000231. The van der Waals surface area contributed by atoms with Gasteiger partial charge in [0.2, 0.25) is 0 Å². The third-order valence-corrected chi connectivity index (χ3v) is 3.90. The van der Waals surface area contributed by atoms with E-state index in [0.717, 1.165) is 7.14 Å². The first-order valence-corrected chi connectivity index (χ1v) is 8.20. The number of halogens is 2. The number of carboxylic acid groups (broad SMARTS) is 1. The first kappa shape index (κ1) is 19.5. The van der Waals surface area contributed by atoms with E-state index in [-0.39, 0.29) is 22.6 Å². The van der Waals surface area contributed by atoms with Crippen molar-refractivity contribution in [1.82, 2.24) is 0 Å². The molecule has 23 heavy (non-hydrogen) atoms. The summed E-state index contributed by atoms with van der Waals surface area (Å²) in [7, 11) is 1.28. The van der Waals surface area contributed by atoms with Crippen LogP contribution in [0.3, 0.4) is 0 Å². The number of ether oxygens (including phenoxy) is 1. The van der Waals surface area contributed by atoms with Gasteiger partial charge in [0.05, 0.1) is 7.11 Å².